The lowest BCUT2D eigenvalue weighted by molar-refractivity contribution is 0.0946. The molecule has 0 radical (unpaired) electrons. The van der Waals surface area contributed by atoms with Crippen LogP contribution in [0, 0.1) is 0 Å². The minimum absolute atomic E-state index is 0.233. The van der Waals surface area contributed by atoms with Gasteiger partial charge in [0.15, 0.2) is 0 Å². The van der Waals surface area contributed by atoms with Gasteiger partial charge in [0.1, 0.15) is 5.69 Å². The third-order valence-corrected chi connectivity index (χ3v) is 7.09. The van der Waals surface area contributed by atoms with E-state index >= 15 is 0 Å². The first kappa shape index (κ1) is 18.2. The zero-order valence-corrected chi connectivity index (χ0v) is 16.0. The quantitative estimate of drug-likeness (QED) is 0.794. The molecule has 0 unspecified atom stereocenters. The Labute approximate surface area is 159 Å². The minimum Gasteiger partial charge on any atom is -0.347 e. The molecule has 1 amide bonds. The molecule has 2 fully saturated rings. The Kier molecular flexibility index (Phi) is 5.01. The zero-order valence-electron chi connectivity index (χ0n) is 15.1. The topological polar surface area (TPSA) is 95.2 Å². The predicted octanol–water partition coefficient (Wildman–Crippen LogP) is 2.39. The highest BCUT2D eigenvalue weighted by Gasteiger charge is 2.27. The van der Waals surface area contributed by atoms with Crippen LogP contribution in [0.25, 0.3) is 0 Å². The Morgan fingerprint density at radius 2 is 1.85 bits per heavy atom. The van der Waals surface area contributed by atoms with Crippen LogP contribution in [0.5, 0.6) is 0 Å². The fourth-order valence-corrected chi connectivity index (χ4v) is 4.88. The molecule has 1 saturated heterocycles. The van der Waals surface area contributed by atoms with Gasteiger partial charge in [0.2, 0.25) is 10.0 Å². The molecule has 4 rings (SSSR count). The van der Waals surface area contributed by atoms with Crippen LogP contribution in [0.15, 0.2) is 35.2 Å². The average Bonchev–Trinajstić information content (AvgIpc) is 3.43. The maximum Gasteiger partial charge on any atom is 0.272 e. The van der Waals surface area contributed by atoms with Gasteiger partial charge in [-0.1, -0.05) is 18.6 Å². The van der Waals surface area contributed by atoms with Crippen molar-refractivity contribution < 1.29 is 13.2 Å². The van der Waals surface area contributed by atoms with Crippen LogP contribution in [-0.2, 0) is 16.6 Å². The lowest BCUT2D eigenvalue weighted by atomic mass is 10.2. The fourth-order valence-electron chi connectivity index (χ4n) is 3.36. The number of hydrogen-bond acceptors (Lipinski definition) is 4. The Morgan fingerprint density at radius 3 is 2.52 bits per heavy atom. The van der Waals surface area contributed by atoms with Crippen molar-refractivity contribution in [3.05, 3.63) is 47.3 Å². The van der Waals surface area contributed by atoms with Crippen LogP contribution in [0.2, 0.25) is 0 Å². The number of amides is 1. The van der Waals surface area contributed by atoms with E-state index in [0.29, 0.717) is 36.1 Å². The molecule has 1 aliphatic carbocycles. The van der Waals surface area contributed by atoms with Crippen LogP contribution in [0.1, 0.15) is 59.8 Å². The molecule has 1 aromatic carbocycles. The van der Waals surface area contributed by atoms with Gasteiger partial charge < -0.3 is 5.32 Å². The van der Waals surface area contributed by atoms with Crippen LogP contribution >= 0.6 is 0 Å². The molecule has 0 bridgehead atoms. The number of carbonyl (C=O) groups is 1. The highest BCUT2D eigenvalue weighted by molar-refractivity contribution is 7.89. The summed E-state index contributed by atoms with van der Waals surface area (Å²) in [6, 6.07) is 8.53. The van der Waals surface area contributed by atoms with Gasteiger partial charge >= 0.3 is 0 Å². The van der Waals surface area contributed by atoms with E-state index in [-0.39, 0.29) is 5.91 Å². The van der Waals surface area contributed by atoms with E-state index in [0.717, 1.165) is 43.4 Å². The molecule has 144 valence electrons. The first-order chi connectivity index (χ1) is 13.0. The van der Waals surface area contributed by atoms with Gasteiger partial charge in [-0.05, 0) is 49.4 Å². The predicted molar refractivity (Wildman–Crippen MR) is 101 cm³/mol. The zero-order chi connectivity index (χ0) is 18.9. The number of hydrogen-bond donors (Lipinski definition) is 2. The van der Waals surface area contributed by atoms with Gasteiger partial charge in [-0.15, -0.1) is 0 Å². The fraction of sp³-hybridized carbons (Fsp3) is 0.474. The molecule has 1 aromatic heterocycles. The number of sulfonamides is 1. The molecule has 1 aliphatic heterocycles. The first-order valence-electron chi connectivity index (χ1n) is 9.46. The molecule has 1 saturated carbocycles. The third-order valence-electron chi connectivity index (χ3n) is 5.18. The molecular formula is C19H24N4O3S. The van der Waals surface area contributed by atoms with Gasteiger partial charge in [0.25, 0.3) is 5.91 Å². The monoisotopic (exact) mass is 388 g/mol. The van der Waals surface area contributed by atoms with Crippen molar-refractivity contribution in [1.29, 1.82) is 0 Å². The molecule has 2 aromatic rings. The number of aromatic nitrogens is 2. The number of nitrogens with zero attached hydrogens (tertiary/aromatic N) is 2. The Balaban J connectivity index is 1.36. The van der Waals surface area contributed by atoms with Crippen molar-refractivity contribution in [2.45, 2.75) is 49.5 Å². The molecule has 2 aliphatic rings. The second kappa shape index (κ2) is 7.44. The van der Waals surface area contributed by atoms with E-state index in [2.05, 4.69) is 15.5 Å². The number of carbonyl (C=O) groups excluding carboxylic acids is 1. The largest absolute Gasteiger partial charge is 0.347 e. The molecule has 0 atom stereocenters. The molecule has 2 N–H and O–H groups in total. The Hall–Kier alpha value is -2.19. The number of nitrogens with one attached hydrogen (secondary N) is 2. The smallest absolute Gasteiger partial charge is 0.272 e. The summed E-state index contributed by atoms with van der Waals surface area (Å²) in [5.74, 6) is 0.289. The SMILES string of the molecule is O=C(NCc1ccc(S(=O)(=O)N2CCCCC2)cc1)c1cc(C2CC2)[nH]n1. The minimum atomic E-state index is -3.42. The highest BCUT2D eigenvalue weighted by atomic mass is 32.2. The van der Waals surface area contributed by atoms with E-state index in [9.17, 15) is 13.2 Å². The molecule has 7 nitrogen and oxygen atoms in total. The Bertz CT molecular complexity index is 911. The van der Waals surface area contributed by atoms with Gasteiger partial charge in [0.05, 0.1) is 4.90 Å². The van der Waals surface area contributed by atoms with Crippen molar-refractivity contribution in [3.63, 3.8) is 0 Å². The van der Waals surface area contributed by atoms with Crippen molar-refractivity contribution in [1.82, 2.24) is 19.8 Å². The summed E-state index contributed by atoms with van der Waals surface area (Å²) < 4.78 is 26.9. The van der Waals surface area contributed by atoms with E-state index < -0.39 is 10.0 Å². The van der Waals surface area contributed by atoms with Crippen LogP contribution in [0.3, 0.4) is 0 Å². The molecule has 2 heterocycles. The van der Waals surface area contributed by atoms with Gasteiger partial charge in [-0.25, -0.2) is 8.42 Å². The Morgan fingerprint density at radius 1 is 1.15 bits per heavy atom. The second-order valence-corrected chi connectivity index (χ2v) is 9.21. The lowest BCUT2D eigenvalue weighted by Crippen LogP contribution is -2.35. The average molecular weight is 388 g/mol. The second-order valence-electron chi connectivity index (χ2n) is 7.27. The number of piperidine rings is 1. The van der Waals surface area contributed by atoms with Crippen molar-refractivity contribution in [3.8, 4) is 0 Å². The van der Waals surface area contributed by atoms with Crippen LogP contribution in [-0.4, -0.2) is 41.9 Å². The number of rotatable bonds is 6. The van der Waals surface area contributed by atoms with Gasteiger partial charge in [0, 0.05) is 31.2 Å². The summed E-state index contributed by atoms with van der Waals surface area (Å²) in [5.41, 5.74) is 2.26. The van der Waals surface area contributed by atoms with Crippen LogP contribution in [0.4, 0.5) is 0 Å². The first-order valence-corrected chi connectivity index (χ1v) is 10.9. The number of H-pyrrole nitrogens is 1. The van der Waals surface area contributed by atoms with Crippen molar-refractivity contribution in [2.24, 2.45) is 0 Å². The van der Waals surface area contributed by atoms with Gasteiger partial charge in [-0.2, -0.15) is 9.40 Å². The summed E-state index contributed by atoms with van der Waals surface area (Å²) in [5, 5.41) is 9.81. The maximum atomic E-state index is 12.7. The van der Waals surface area contributed by atoms with E-state index in [1.807, 2.05) is 0 Å². The molecule has 27 heavy (non-hydrogen) atoms. The summed E-state index contributed by atoms with van der Waals surface area (Å²) in [4.78, 5) is 12.5. The molecule has 0 spiro atoms. The highest BCUT2D eigenvalue weighted by Crippen LogP contribution is 2.38. The standard InChI is InChI=1S/C19H24N4O3S/c24-19(18-12-17(21-22-18)15-6-7-15)20-13-14-4-8-16(9-5-14)27(25,26)23-10-2-1-3-11-23/h4-5,8-9,12,15H,1-3,6-7,10-11,13H2,(H,20,24)(H,21,22). The van der Waals surface area contributed by atoms with Crippen molar-refractivity contribution >= 4 is 15.9 Å². The number of benzene rings is 1. The number of aromatic amines is 1. The summed E-state index contributed by atoms with van der Waals surface area (Å²) in [6.07, 6.45) is 5.21. The molecular weight excluding hydrogens is 364 g/mol. The van der Waals surface area contributed by atoms with E-state index in [1.165, 1.54) is 0 Å². The summed E-state index contributed by atoms with van der Waals surface area (Å²) in [6.45, 7) is 1.51. The van der Waals surface area contributed by atoms with Crippen LogP contribution < -0.4 is 5.32 Å². The van der Waals surface area contributed by atoms with Crippen molar-refractivity contribution in [2.75, 3.05) is 13.1 Å². The van der Waals surface area contributed by atoms with Gasteiger partial charge in [-0.3, -0.25) is 9.89 Å². The summed E-state index contributed by atoms with van der Waals surface area (Å²) >= 11 is 0. The normalized spacial score (nSPS) is 18.4. The maximum absolute atomic E-state index is 12.7. The van der Waals surface area contributed by atoms with E-state index in [4.69, 9.17) is 0 Å². The summed E-state index contributed by atoms with van der Waals surface area (Å²) in [7, 11) is -3.42. The third kappa shape index (κ3) is 4.06. The molecule has 8 heteroatoms. The lowest BCUT2D eigenvalue weighted by Gasteiger charge is -2.25. The van der Waals surface area contributed by atoms with E-state index in [1.54, 1.807) is 34.6 Å².